The average Bonchev–Trinajstić information content (AvgIpc) is 2.22. The van der Waals surface area contributed by atoms with E-state index in [0.717, 1.165) is 12.8 Å². The van der Waals surface area contributed by atoms with Crippen LogP contribution in [0.2, 0.25) is 0 Å². The molecule has 0 spiro atoms. The van der Waals surface area contributed by atoms with Gasteiger partial charge in [-0.25, -0.2) is 0 Å². The van der Waals surface area contributed by atoms with E-state index in [-0.39, 0.29) is 17.0 Å². The minimum Gasteiger partial charge on any atom is -0.299 e. The molecule has 0 saturated carbocycles. The average molecular weight is 210 g/mol. The molecule has 2 nitrogen and oxygen atoms in total. The highest BCUT2D eigenvalue weighted by molar-refractivity contribution is 5.94. The van der Waals surface area contributed by atoms with Crippen molar-refractivity contribution >= 4 is 11.6 Å². The molecule has 0 N–H and O–H groups in total. The van der Waals surface area contributed by atoms with Gasteiger partial charge in [0.15, 0.2) is 5.78 Å². The Morgan fingerprint density at radius 3 is 2.20 bits per heavy atom. The molecule has 0 bridgehead atoms. The molecule has 0 heterocycles. The van der Waals surface area contributed by atoms with Gasteiger partial charge in [-0.15, -0.1) is 0 Å². The zero-order chi connectivity index (χ0) is 11.9. The summed E-state index contributed by atoms with van der Waals surface area (Å²) in [7, 11) is 0. The van der Waals surface area contributed by atoms with Gasteiger partial charge in [0.05, 0.1) is 0 Å². The Hall–Kier alpha value is -0.920. The molecule has 0 aromatic rings. The van der Waals surface area contributed by atoms with E-state index < -0.39 is 0 Å². The van der Waals surface area contributed by atoms with E-state index in [1.54, 1.807) is 6.08 Å². The van der Waals surface area contributed by atoms with E-state index in [1.807, 2.05) is 33.8 Å². The van der Waals surface area contributed by atoms with Crippen LogP contribution in [0.5, 0.6) is 0 Å². The highest BCUT2D eigenvalue weighted by Crippen LogP contribution is 2.23. The van der Waals surface area contributed by atoms with Gasteiger partial charge >= 0.3 is 0 Å². The molecular formula is C13H22O2. The van der Waals surface area contributed by atoms with E-state index in [0.29, 0.717) is 12.8 Å². The number of hydrogen-bond donors (Lipinski definition) is 0. The van der Waals surface area contributed by atoms with Crippen LogP contribution in [-0.2, 0) is 9.59 Å². The number of ketones is 2. The molecule has 0 aliphatic heterocycles. The van der Waals surface area contributed by atoms with Gasteiger partial charge in [-0.3, -0.25) is 9.59 Å². The van der Waals surface area contributed by atoms with Crippen LogP contribution in [0.3, 0.4) is 0 Å². The maximum atomic E-state index is 11.7. The monoisotopic (exact) mass is 210 g/mol. The first kappa shape index (κ1) is 14.1. The third-order valence-corrected chi connectivity index (χ3v) is 2.78. The van der Waals surface area contributed by atoms with E-state index in [2.05, 4.69) is 0 Å². The standard InChI is InChI=1S/C13H22O2/c1-5-7-8-11(14)9-10-12(15)13(3,4)6-2/h7-8H,5-6,9-10H2,1-4H3/b8-7+. The molecule has 15 heavy (non-hydrogen) atoms. The van der Waals surface area contributed by atoms with E-state index in [4.69, 9.17) is 0 Å². The van der Waals surface area contributed by atoms with Crippen LogP contribution in [0.1, 0.15) is 53.4 Å². The van der Waals surface area contributed by atoms with Crippen LogP contribution in [0.15, 0.2) is 12.2 Å². The second-order valence-corrected chi connectivity index (χ2v) is 4.44. The lowest BCUT2D eigenvalue weighted by atomic mass is 9.83. The Morgan fingerprint density at radius 2 is 1.73 bits per heavy atom. The predicted octanol–water partition coefficient (Wildman–Crippen LogP) is 3.31. The molecule has 0 aromatic heterocycles. The Morgan fingerprint density at radius 1 is 1.13 bits per heavy atom. The summed E-state index contributed by atoms with van der Waals surface area (Å²) in [6.07, 6.45) is 5.81. The van der Waals surface area contributed by atoms with E-state index in [1.165, 1.54) is 0 Å². The molecule has 0 aliphatic carbocycles. The topological polar surface area (TPSA) is 34.1 Å². The summed E-state index contributed by atoms with van der Waals surface area (Å²) >= 11 is 0. The van der Waals surface area contributed by atoms with Crippen molar-refractivity contribution in [2.75, 3.05) is 0 Å². The molecule has 0 aliphatic rings. The molecule has 0 amide bonds. The van der Waals surface area contributed by atoms with Crippen molar-refractivity contribution in [3.63, 3.8) is 0 Å². The van der Waals surface area contributed by atoms with Crippen molar-refractivity contribution in [3.8, 4) is 0 Å². The molecule has 2 heteroatoms. The molecule has 0 rings (SSSR count). The number of hydrogen-bond acceptors (Lipinski definition) is 2. The van der Waals surface area contributed by atoms with E-state index in [9.17, 15) is 9.59 Å². The second kappa shape index (κ2) is 6.54. The van der Waals surface area contributed by atoms with Crippen LogP contribution in [-0.4, -0.2) is 11.6 Å². The fourth-order valence-electron chi connectivity index (χ4n) is 1.10. The first-order chi connectivity index (χ1) is 6.94. The molecule has 0 radical (unpaired) electrons. The highest BCUT2D eigenvalue weighted by atomic mass is 16.1. The Labute approximate surface area is 92.8 Å². The normalized spacial score (nSPS) is 12.0. The summed E-state index contributed by atoms with van der Waals surface area (Å²) < 4.78 is 0. The maximum Gasteiger partial charge on any atom is 0.155 e. The van der Waals surface area contributed by atoms with Gasteiger partial charge in [-0.2, -0.15) is 0 Å². The van der Waals surface area contributed by atoms with Crippen LogP contribution in [0, 0.1) is 5.41 Å². The van der Waals surface area contributed by atoms with Crippen LogP contribution < -0.4 is 0 Å². The zero-order valence-corrected chi connectivity index (χ0v) is 10.3. The van der Waals surface area contributed by atoms with Crippen LogP contribution >= 0.6 is 0 Å². The van der Waals surface area contributed by atoms with Crippen LogP contribution in [0.25, 0.3) is 0 Å². The van der Waals surface area contributed by atoms with Crippen molar-refractivity contribution in [3.05, 3.63) is 12.2 Å². The van der Waals surface area contributed by atoms with Gasteiger partial charge in [0.25, 0.3) is 0 Å². The Balaban J connectivity index is 4.01. The van der Waals surface area contributed by atoms with Gasteiger partial charge < -0.3 is 0 Å². The van der Waals surface area contributed by atoms with Crippen molar-refractivity contribution in [2.45, 2.75) is 53.4 Å². The SMILES string of the molecule is CC/C=C/C(=O)CCC(=O)C(C)(C)CC. The molecule has 0 saturated heterocycles. The Kier molecular flexibility index (Phi) is 6.14. The summed E-state index contributed by atoms with van der Waals surface area (Å²) in [5.74, 6) is 0.236. The molecule has 0 atom stereocenters. The number of Topliss-reactive ketones (excluding diaryl/α,β-unsaturated/α-hetero) is 1. The molecule has 0 aromatic carbocycles. The number of rotatable bonds is 7. The van der Waals surface area contributed by atoms with Crippen molar-refractivity contribution in [2.24, 2.45) is 5.41 Å². The van der Waals surface area contributed by atoms with E-state index >= 15 is 0 Å². The van der Waals surface area contributed by atoms with Crippen molar-refractivity contribution in [1.29, 1.82) is 0 Å². The minimum atomic E-state index is -0.283. The third-order valence-electron chi connectivity index (χ3n) is 2.78. The van der Waals surface area contributed by atoms with Gasteiger partial charge in [0.2, 0.25) is 0 Å². The summed E-state index contributed by atoms with van der Waals surface area (Å²) in [5.41, 5.74) is -0.283. The largest absolute Gasteiger partial charge is 0.299 e. The van der Waals surface area contributed by atoms with Gasteiger partial charge in [0.1, 0.15) is 5.78 Å². The molecule has 0 unspecified atom stereocenters. The summed E-state index contributed by atoms with van der Waals surface area (Å²) in [5, 5.41) is 0. The Bertz CT molecular complexity index is 249. The van der Waals surface area contributed by atoms with Gasteiger partial charge in [0, 0.05) is 18.3 Å². The lowest BCUT2D eigenvalue weighted by Gasteiger charge is -2.20. The van der Waals surface area contributed by atoms with Gasteiger partial charge in [-0.05, 0) is 18.9 Å². The third kappa shape index (κ3) is 5.50. The second-order valence-electron chi connectivity index (χ2n) is 4.44. The quantitative estimate of drug-likeness (QED) is 0.604. The summed E-state index contributed by atoms with van der Waals surface area (Å²) in [6, 6.07) is 0. The molecule has 86 valence electrons. The lowest BCUT2D eigenvalue weighted by Crippen LogP contribution is -2.23. The zero-order valence-electron chi connectivity index (χ0n) is 10.3. The first-order valence-corrected chi connectivity index (χ1v) is 5.66. The van der Waals surface area contributed by atoms with Crippen molar-refractivity contribution < 1.29 is 9.59 Å². The fraction of sp³-hybridized carbons (Fsp3) is 0.692. The number of carbonyl (C=O) groups excluding carboxylic acids is 2. The first-order valence-electron chi connectivity index (χ1n) is 5.66. The summed E-state index contributed by atoms with van der Waals surface area (Å²) in [4.78, 5) is 23.0. The molecular weight excluding hydrogens is 188 g/mol. The predicted molar refractivity (Wildman–Crippen MR) is 62.8 cm³/mol. The minimum absolute atomic E-state index is 0.0529. The number of carbonyl (C=O) groups is 2. The maximum absolute atomic E-state index is 11.7. The number of allylic oxidation sites excluding steroid dienone is 2. The van der Waals surface area contributed by atoms with Crippen LogP contribution in [0.4, 0.5) is 0 Å². The smallest absolute Gasteiger partial charge is 0.155 e. The van der Waals surface area contributed by atoms with Crippen molar-refractivity contribution in [1.82, 2.24) is 0 Å². The lowest BCUT2D eigenvalue weighted by molar-refractivity contribution is -0.129. The summed E-state index contributed by atoms with van der Waals surface area (Å²) in [6.45, 7) is 7.84. The highest BCUT2D eigenvalue weighted by Gasteiger charge is 2.24. The fourth-order valence-corrected chi connectivity index (χ4v) is 1.10. The van der Waals surface area contributed by atoms with Gasteiger partial charge in [-0.1, -0.05) is 33.8 Å². The molecule has 0 fully saturated rings.